The van der Waals surface area contributed by atoms with Crippen molar-refractivity contribution in [1.82, 2.24) is 5.32 Å². The van der Waals surface area contributed by atoms with Crippen molar-refractivity contribution in [3.8, 4) is 0 Å². The van der Waals surface area contributed by atoms with Crippen LogP contribution in [0.3, 0.4) is 0 Å². The van der Waals surface area contributed by atoms with Gasteiger partial charge in [0, 0.05) is 22.8 Å². The van der Waals surface area contributed by atoms with Gasteiger partial charge in [-0.1, -0.05) is 11.6 Å². The number of hydrogen-bond donors (Lipinski definition) is 2. The number of anilines is 1. The summed E-state index contributed by atoms with van der Waals surface area (Å²) in [6.45, 7) is 4.19. The number of aryl methyl sites for hydroxylation is 2. The number of rotatable bonds is 3. The van der Waals surface area contributed by atoms with Crippen molar-refractivity contribution in [3.05, 3.63) is 52.4 Å². The summed E-state index contributed by atoms with van der Waals surface area (Å²) in [6, 6.07) is 8.59. The normalized spacial score (nSPS) is 10.3. The summed E-state index contributed by atoms with van der Waals surface area (Å²) in [5.41, 5.74) is 1.67. The van der Waals surface area contributed by atoms with Gasteiger partial charge in [-0.2, -0.15) is 0 Å². The lowest BCUT2D eigenvalue weighted by Crippen LogP contribution is -2.28. The van der Waals surface area contributed by atoms with Crippen LogP contribution in [0.5, 0.6) is 0 Å². The molecule has 0 aliphatic carbocycles. The van der Waals surface area contributed by atoms with E-state index in [1.54, 1.807) is 24.3 Å². The summed E-state index contributed by atoms with van der Waals surface area (Å²) in [6.07, 6.45) is 0. The second-order valence-electron chi connectivity index (χ2n) is 4.25. The van der Waals surface area contributed by atoms with Crippen LogP contribution in [0.1, 0.15) is 17.1 Å². The van der Waals surface area contributed by atoms with E-state index in [4.69, 9.17) is 16.0 Å². The van der Waals surface area contributed by atoms with Crippen LogP contribution in [0.15, 0.2) is 34.7 Å². The third-order valence-electron chi connectivity index (χ3n) is 2.69. The largest absolute Gasteiger partial charge is 0.466 e. The fraction of sp³-hybridized carbons (Fsp3) is 0.214. The number of halogens is 1. The Kier molecular flexibility index (Phi) is 4.12. The van der Waals surface area contributed by atoms with Gasteiger partial charge in [-0.3, -0.25) is 0 Å². The maximum Gasteiger partial charge on any atom is 0.319 e. The summed E-state index contributed by atoms with van der Waals surface area (Å²) in [7, 11) is 0. The Bertz CT molecular complexity index is 576. The van der Waals surface area contributed by atoms with E-state index >= 15 is 0 Å². The molecule has 1 heterocycles. The maximum atomic E-state index is 11.7. The summed E-state index contributed by atoms with van der Waals surface area (Å²) in [4.78, 5) is 11.7. The summed E-state index contributed by atoms with van der Waals surface area (Å²) < 4.78 is 5.39. The molecule has 19 heavy (non-hydrogen) atoms. The van der Waals surface area contributed by atoms with E-state index < -0.39 is 0 Å². The molecule has 2 rings (SSSR count). The Morgan fingerprint density at radius 2 is 1.95 bits per heavy atom. The van der Waals surface area contributed by atoms with Crippen LogP contribution >= 0.6 is 11.6 Å². The Morgan fingerprint density at radius 1 is 1.26 bits per heavy atom. The zero-order valence-electron chi connectivity index (χ0n) is 10.8. The van der Waals surface area contributed by atoms with Crippen LogP contribution in [0, 0.1) is 13.8 Å². The first-order chi connectivity index (χ1) is 9.04. The van der Waals surface area contributed by atoms with Crippen molar-refractivity contribution in [3.63, 3.8) is 0 Å². The minimum atomic E-state index is -0.263. The van der Waals surface area contributed by atoms with Gasteiger partial charge < -0.3 is 15.1 Å². The van der Waals surface area contributed by atoms with E-state index in [0.29, 0.717) is 17.3 Å². The fourth-order valence-corrected chi connectivity index (χ4v) is 1.87. The first-order valence-electron chi connectivity index (χ1n) is 5.91. The number of carbonyl (C=O) groups excluding carboxylic acids is 1. The molecule has 0 aliphatic heterocycles. The predicted molar refractivity (Wildman–Crippen MR) is 75.5 cm³/mol. The molecular weight excluding hydrogens is 264 g/mol. The average Bonchev–Trinajstić information content (AvgIpc) is 2.68. The molecule has 0 aliphatic rings. The number of hydrogen-bond acceptors (Lipinski definition) is 2. The van der Waals surface area contributed by atoms with Gasteiger partial charge >= 0.3 is 6.03 Å². The highest BCUT2D eigenvalue weighted by Crippen LogP contribution is 2.14. The molecule has 1 aromatic carbocycles. The highest BCUT2D eigenvalue weighted by molar-refractivity contribution is 6.30. The van der Waals surface area contributed by atoms with Crippen molar-refractivity contribution in [2.24, 2.45) is 0 Å². The van der Waals surface area contributed by atoms with Crippen LogP contribution in [0.4, 0.5) is 10.5 Å². The Hall–Kier alpha value is -1.94. The Labute approximate surface area is 116 Å². The number of nitrogens with one attached hydrogen (secondary N) is 2. The molecule has 0 fully saturated rings. The van der Waals surface area contributed by atoms with Crippen LogP contribution in [-0.4, -0.2) is 6.03 Å². The third kappa shape index (κ3) is 3.76. The number of furan rings is 1. The molecule has 2 aromatic rings. The molecule has 0 radical (unpaired) electrons. The smallest absolute Gasteiger partial charge is 0.319 e. The van der Waals surface area contributed by atoms with Crippen molar-refractivity contribution in [2.45, 2.75) is 20.4 Å². The Balaban J connectivity index is 1.88. The van der Waals surface area contributed by atoms with E-state index in [0.717, 1.165) is 17.1 Å². The second kappa shape index (κ2) is 5.80. The van der Waals surface area contributed by atoms with E-state index in [9.17, 15) is 4.79 Å². The van der Waals surface area contributed by atoms with Gasteiger partial charge in [-0.25, -0.2) is 4.79 Å². The van der Waals surface area contributed by atoms with Crippen LogP contribution < -0.4 is 10.6 Å². The van der Waals surface area contributed by atoms with Gasteiger partial charge in [0.05, 0.1) is 0 Å². The van der Waals surface area contributed by atoms with Crippen LogP contribution in [0.25, 0.3) is 0 Å². The predicted octanol–water partition coefficient (Wildman–Crippen LogP) is 3.87. The zero-order chi connectivity index (χ0) is 13.8. The molecule has 0 unspecified atom stereocenters. The number of carbonyl (C=O) groups is 1. The van der Waals surface area contributed by atoms with Gasteiger partial charge in [-0.05, 0) is 44.2 Å². The first-order valence-corrected chi connectivity index (χ1v) is 6.29. The quantitative estimate of drug-likeness (QED) is 0.895. The fourth-order valence-electron chi connectivity index (χ4n) is 1.74. The minimum Gasteiger partial charge on any atom is -0.466 e. The molecule has 5 heteroatoms. The molecule has 100 valence electrons. The maximum absolute atomic E-state index is 11.7. The van der Waals surface area contributed by atoms with Crippen molar-refractivity contribution < 1.29 is 9.21 Å². The number of benzene rings is 1. The first kappa shape index (κ1) is 13.5. The number of urea groups is 1. The summed E-state index contributed by atoms with van der Waals surface area (Å²) >= 11 is 5.77. The SMILES string of the molecule is Cc1cc(CNC(=O)Nc2ccc(Cl)cc2)c(C)o1. The van der Waals surface area contributed by atoms with E-state index in [2.05, 4.69) is 10.6 Å². The van der Waals surface area contributed by atoms with Crippen LogP contribution in [0.2, 0.25) is 5.02 Å². The lowest BCUT2D eigenvalue weighted by Gasteiger charge is -2.07. The molecule has 0 spiro atoms. The summed E-state index contributed by atoms with van der Waals surface area (Å²) in [5.74, 6) is 1.66. The molecule has 2 amide bonds. The molecule has 4 nitrogen and oxygen atoms in total. The molecular formula is C14H15ClN2O2. The highest BCUT2D eigenvalue weighted by atomic mass is 35.5. The van der Waals surface area contributed by atoms with Gasteiger partial charge in [0.1, 0.15) is 11.5 Å². The van der Waals surface area contributed by atoms with E-state index in [1.165, 1.54) is 0 Å². The van der Waals surface area contributed by atoms with Crippen molar-refractivity contribution in [2.75, 3.05) is 5.32 Å². The monoisotopic (exact) mass is 278 g/mol. The third-order valence-corrected chi connectivity index (χ3v) is 2.94. The molecule has 0 saturated heterocycles. The lowest BCUT2D eigenvalue weighted by atomic mass is 10.2. The molecule has 1 aromatic heterocycles. The molecule has 0 saturated carbocycles. The van der Waals surface area contributed by atoms with Crippen LogP contribution in [-0.2, 0) is 6.54 Å². The highest BCUT2D eigenvalue weighted by Gasteiger charge is 2.06. The average molecular weight is 279 g/mol. The lowest BCUT2D eigenvalue weighted by molar-refractivity contribution is 0.251. The van der Waals surface area contributed by atoms with E-state index in [1.807, 2.05) is 19.9 Å². The van der Waals surface area contributed by atoms with Gasteiger partial charge in [0.2, 0.25) is 0 Å². The standard InChI is InChI=1S/C14H15ClN2O2/c1-9-7-11(10(2)19-9)8-16-14(18)17-13-5-3-12(15)4-6-13/h3-7H,8H2,1-2H3,(H2,16,17,18). The second-order valence-corrected chi connectivity index (χ2v) is 4.69. The number of amides is 2. The van der Waals surface area contributed by atoms with Crippen molar-refractivity contribution >= 4 is 23.3 Å². The zero-order valence-corrected chi connectivity index (χ0v) is 11.5. The van der Waals surface area contributed by atoms with Gasteiger partial charge in [-0.15, -0.1) is 0 Å². The molecule has 0 bridgehead atoms. The molecule has 0 atom stereocenters. The van der Waals surface area contributed by atoms with E-state index in [-0.39, 0.29) is 6.03 Å². The summed E-state index contributed by atoms with van der Waals surface area (Å²) in [5, 5.41) is 6.13. The van der Waals surface area contributed by atoms with Crippen molar-refractivity contribution in [1.29, 1.82) is 0 Å². The topological polar surface area (TPSA) is 54.3 Å². The van der Waals surface area contributed by atoms with Gasteiger partial charge in [0.25, 0.3) is 0 Å². The Morgan fingerprint density at radius 3 is 2.53 bits per heavy atom. The van der Waals surface area contributed by atoms with Gasteiger partial charge in [0.15, 0.2) is 0 Å². The minimum absolute atomic E-state index is 0.263. The molecule has 2 N–H and O–H groups in total.